The van der Waals surface area contributed by atoms with Crippen LogP contribution >= 0.6 is 0 Å². The van der Waals surface area contributed by atoms with Crippen molar-refractivity contribution in [3.63, 3.8) is 0 Å². The monoisotopic (exact) mass is 580 g/mol. The summed E-state index contributed by atoms with van der Waals surface area (Å²) in [5, 5.41) is 15.2. The number of amides is 1. The van der Waals surface area contributed by atoms with Gasteiger partial charge >= 0.3 is 6.18 Å². The molecule has 0 bridgehead atoms. The lowest BCUT2D eigenvalue weighted by Crippen LogP contribution is -2.47. The number of nitrogens with zero attached hydrogens (tertiary/aromatic N) is 4. The van der Waals surface area contributed by atoms with Crippen LogP contribution in [0.25, 0.3) is 0 Å². The molecule has 42 heavy (non-hydrogen) atoms. The molecular formula is C32H39F3N6O. The Hall–Kier alpha value is -3.40. The van der Waals surface area contributed by atoms with E-state index in [0.29, 0.717) is 24.2 Å². The highest BCUT2D eigenvalue weighted by atomic mass is 19.4. The van der Waals surface area contributed by atoms with Crippen LogP contribution in [0.4, 0.5) is 24.5 Å². The van der Waals surface area contributed by atoms with Crippen LogP contribution in [0.15, 0.2) is 36.7 Å². The topological polar surface area (TPSA) is 75.1 Å². The van der Waals surface area contributed by atoms with Crippen LogP contribution in [0.1, 0.15) is 97.7 Å². The SMILES string of the molecule is CC(C)Nc1cc(N2Cc3c(cc(CNC4(C)CCC4)cc3C(F)(F)F)C2=O)cc(C2(Cc3nncn3C)CCC2)c1. The van der Waals surface area contributed by atoms with Gasteiger partial charge in [-0.3, -0.25) is 4.79 Å². The van der Waals surface area contributed by atoms with Crippen molar-refractivity contribution in [1.29, 1.82) is 0 Å². The molecule has 6 rings (SSSR count). The molecule has 3 aliphatic rings. The van der Waals surface area contributed by atoms with Crippen molar-refractivity contribution in [3.05, 3.63) is 70.3 Å². The average Bonchev–Trinajstić information content (AvgIpc) is 3.44. The molecule has 224 valence electrons. The van der Waals surface area contributed by atoms with E-state index in [0.717, 1.165) is 55.6 Å². The predicted molar refractivity (Wildman–Crippen MR) is 156 cm³/mol. The van der Waals surface area contributed by atoms with E-state index in [1.807, 2.05) is 37.6 Å². The third-order valence-electron chi connectivity index (χ3n) is 9.49. The number of hydrogen-bond donors (Lipinski definition) is 2. The lowest BCUT2D eigenvalue weighted by Gasteiger charge is -2.43. The van der Waals surface area contributed by atoms with Crippen LogP contribution in [0.2, 0.25) is 0 Å². The smallest absolute Gasteiger partial charge is 0.383 e. The maximum Gasteiger partial charge on any atom is 0.416 e. The molecule has 0 spiro atoms. The molecule has 2 fully saturated rings. The zero-order valence-corrected chi connectivity index (χ0v) is 24.7. The fourth-order valence-corrected chi connectivity index (χ4v) is 6.66. The molecule has 2 N–H and O–H groups in total. The Morgan fingerprint density at radius 3 is 2.36 bits per heavy atom. The van der Waals surface area contributed by atoms with Crippen LogP contribution in [0.3, 0.4) is 0 Å². The van der Waals surface area contributed by atoms with Crippen LogP contribution in [0, 0.1) is 0 Å². The number of rotatable bonds is 9. The van der Waals surface area contributed by atoms with E-state index < -0.39 is 17.6 Å². The molecule has 0 radical (unpaired) electrons. The molecular weight excluding hydrogens is 541 g/mol. The Morgan fingerprint density at radius 2 is 1.79 bits per heavy atom. The minimum atomic E-state index is -4.56. The van der Waals surface area contributed by atoms with Crippen LogP contribution in [0.5, 0.6) is 0 Å². The molecule has 0 unspecified atom stereocenters. The van der Waals surface area contributed by atoms with Gasteiger partial charge in [-0.15, -0.1) is 10.2 Å². The Bertz CT molecular complexity index is 1500. The molecule has 2 aromatic carbocycles. The first-order chi connectivity index (χ1) is 19.9. The fraction of sp³-hybridized carbons (Fsp3) is 0.531. The zero-order chi connectivity index (χ0) is 29.9. The minimum Gasteiger partial charge on any atom is -0.383 e. The molecule has 7 nitrogen and oxygen atoms in total. The number of carbonyl (C=O) groups excluding carboxylic acids is 1. The zero-order valence-electron chi connectivity index (χ0n) is 24.7. The normalized spacial score (nSPS) is 19.0. The molecule has 1 aliphatic heterocycles. The number of alkyl halides is 3. The van der Waals surface area contributed by atoms with Gasteiger partial charge in [0.15, 0.2) is 0 Å². The van der Waals surface area contributed by atoms with E-state index in [1.54, 1.807) is 12.4 Å². The van der Waals surface area contributed by atoms with Crippen LogP contribution < -0.4 is 15.5 Å². The highest BCUT2D eigenvalue weighted by Gasteiger charge is 2.43. The second-order valence-corrected chi connectivity index (χ2v) is 13.1. The lowest BCUT2D eigenvalue weighted by molar-refractivity contribution is -0.138. The van der Waals surface area contributed by atoms with Crippen molar-refractivity contribution in [2.75, 3.05) is 10.2 Å². The first-order valence-corrected chi connectivity index (χ1v) is 14.9. The predicted octanol–water partition coefficient (Wildman–Crippen LogP) is 6.51. The largest absolute Gasteiger partial charge is 0.416 e. The molecule has 10 heteroatoms. The van der Waals surface area contributed by atoms with Gasteiger partial charge in [-0.2, -0.15) is 13.2 Å². The van der Waals surface area contributed by atoms with Gasteiger partial charge < -0.3 is 20.1 Å². The van der Waals surface area contributed by atoms with Gasteiger partial charge in [0.05, 0.1) is 12.1 Å². The summed E-state index contributed by atoms with van der Waals surface area (Å²) in [6.07, 6.45) is 3.95. The Labute approximate surface area is 244 Å². The van der Waals surface area contributed by atoms with E-state index >= 15 is 0 Å². The third kappa shape index (κ3) is 5.29. The highest BCUT2D eigenvalue weighted by molar-refractivity contribution is 6.10. The number of hydrogen-bond acceptors (Lipinski definition) is 5. The molecule has 1 amide bonds. The maximum atomic E-state index is 14.4. The second-order valence-electron chi connectivity index (χ2n) is 13.1. The number of halogens is 3. The van der Waals surface area contributed by atoms with E-state index in [1.165, 1.54) is 11.0 Å². The van der Waals surface area contributed by atoms with Gasteiger partial charge in [0.2, 0.25) is 0 Å². The van der Waals surface area contributed by atoms with Crippen molar-refractivity contribution < 1.29 is 18.0 Å². The highest BCUT2D eigenvalue weighted by Crippen LogP contribution is 2.48. The van der Waals surface area contributed by atoms with Gasteiger partial charge in [-0.05, 0) is 99.9 Å². The van der Waals surface area contributed by atoms with Crippen LogP contribution in [-0.2, 0) is 38.1 Å². The molecule has 2 heterocycles. The van der Waals surface area contributed by atoms with Crippen molar-refractivity contribution >= 4 is 17.3 Å². The summed E-state index contributed by atoms with van der Waals surface area (Å²) in [6.45, 7) is 6.35. The summed E-state index contributed by atoms with van der Waals surface area (Å²) in [4.78, 5) is 15.4. The Morgan fingerprint density at radius 1 is 1.05 bits per heavy atom. The second kappa shape index (κ2) is 10.4. The van der Waals surface area contributed by atoms with Gasteiger partial charge in [-0.25, -0.2) is 0 Å². The summed E-state index contributed by atoms with van der Waals surface area (Å²) < 4.78 is 45.0. The average molecular weight is 581 g/mol. The van der Waals surface area contributed by atoms with E-state index in [-0.39, 0.29) is 34.7 Å². The fourth-order valence-electron chi connectivity index (χ4n) is 6.66. The quantitative estimate of drug-likeness (QED) is 0.302. The van der Waals surface area contributed by atoms with Gasteiger partial charge in [-0.1, -0.05) is 6.42 Å². The summed E-state index contributed by atoms with van der Waals surface area (Å²) in [5.74, 6) is 0.491. The molecule has 2 saturated carbocycles. The summed E-state index contributed by atoms with van der Waals surface area (Å²) in [5.41, 5.74) is 2.24. The Balaban J connectivity index is 1.37. The molecule has 0 atom stereocenters. The van der Waals surface area contributed by atoms with E-state index in [9.17, 15) is 18.0 Å². The number of aromatic nitrogens is 3. The van der Waals surface area contributed by atoms with Crippen molar-refractivity contribution in [3.8, 4) is 0 Å². The number of anilines is 2. The maximum absolute atomic E-state index is 14.4. The summed E-state index contributed by atoms with van der Waals surface area (Å²) >= 11 is 0. The van der Waals surface area contributed by atoms with Crippen molar-refractivity contribution in [2.24, 2.45) is 7.05 Å². The van der Waals surface area contributed by atoms with Crippen molar-refractivity contribution in [1.82, 2.24) is 20.1 Å². The minimum absolute atomic E-state index is 0.0484. The van der Waals surface area contributed by atoms with Gasteiger partial charge in [0.1, 0.15) is 12.2 Å². The number of fused-ring (bicyclic) bond motifs is 1. The number of benzene rings is 2. The molecule has 2 aliphatic carbocycles. The third-order valence-corrected chi connectivity index (χ3v) is 9.49. The molecule has 3 aromatic rings. The standard InChI is InChI=1S/C32H39F3N6O/c1-20(2)38-23-13-22(31(9-6-10-31)16-28-39-37-19-40(28)4)14-24(15-23)41-18-26-25(29(41)42)11-21(12-27(26)32(33,34)35)17-36-30(3)7-5-8-30/h11-15,19-20,36,38H,5-10,16-18H2,1-4H3. The first kappa shape index (κ1) is 28.7. The number of nitrogens with one attached hydrogen (secondary N) is 2. The van der Waals surface area contributed by atoms with Gasteiger partial charge in [0.25, 0.3) is 5.91 Å². The summed E-state index contributed by atoms with van der Waals surface area (Å²) in [7, 11) is 1.93. The lowest BCUT2D eigenvalue weighted by atomic mass is 9.62. The number of aryl methyl sites for hydroxylation is 1. The van der Waals surface area contributed by atoms with Gasteiger partial charge in [0, 0.05) is 53.9 Å². The first-order valence-electron chi connectivity index (χ1n) is 14.9. The summed E-state index contributed by atoms with van der Waals surface area (Å²) in [6, 6.07) is 9.02. The Kier molecular flexibility index (Phi) is 7.11. The number of carbonyl (C=O) groups is 1. The van der Waals surface area contributed by atoms with Crippen molar-refractivity contribution in [2.45, 2.75) is 102 Å². The van der Waals surface area contributed by atoms with E-state index in [2.05, 4.69) is 33.8 Å². The van der Waals surface area contributed by atoms with E-state index in [4.69, 9.17) is 0 Å². The molecule has 0 saturated heterocycles. The van der Waals surface area contributed by atoms with Crippen LogP contribution in [-0.4, -0.2) is 32.3 Å². The molecule has 1 aromatic heterocycles.